The minimum absolute atomic E-state index is 0.0630. The van der Waals surface area contributed by atoms with E-state index in [1.807, 2.05) is 50.8 Å². The molecule has 0 spiro atoms. The molecule has 1 aliphatic heterocycles. The summed E-state index contributed by atoms with van der Waals surface area (Å²) in [6.45, 7) is 10.5. The fraction of sp³-hybridized carbons (Fsp3) is 0.462. The molecule has 2 atom stereocenters. The van der Waals surface area contributed by atoms with Gasteiger partial charge in [-0.15, -0.1) is 0 Å². The molecule has 0 aliphatic carbocycles. The zero-order chi connectivity index (χ0) is 22.5. The summed E-state index contributed by atoms with van der Waals surface area (Å²) >= 11 is 0. The van der Waals surface area contributed by atoms with Crippen molar-refractivity contribution >= 4 is 11.8 Å². The Balaban J connectivity index is 1.98. The third-order valence-electron chi connectivity index (χ3n) is 5.70. The molecule has 0 fully saturated rings. The molecule has 1 N–H and O–H groups in total. The monoisotopic (exact) mass is 422 g/mol. The minimum Gasteiger partial charge on any atom is -0.481 e. The van der Waals surface area contributed by atoms with E-state index in [2.05, 4.69) is 36.5 Å². The first-order chi connectivity index (χ1) is 14.8. The predicted molar refractivity (Wildman–Crippen MR) is 123 cm³/mol. The van der Waals surface area contributed by atoms with Crippen LogP contribution in [0.1, 0.15) is 68.8 Å². The molecule has 3 rings (SSSR count). The largest absolute Gasteiger partial charge is 0.481 e. The van der Waals surface area contributed by atoms with Crippen LogP contribution in [0.5, 0.6) is 5.75 Å². The maximum absolute atomic E-state index is 12.8. The summed E-state index contributed by atoms with van der Waals surface area (Å²) in [6, 6.07) is 14.3. The van der Waals surface area contributed by atoms with Gasteiger partial charge in [0.15, 0.2) is 6.10 Å². The molecule has 31 heavy (non-hydrogen) atoms. The highest BCUT2D eigenvalue weighted by atomic mass is 16.5. The van der Waals surface area contributed by atoms with Gasteiger partial charge in [0.1, 0.15) is 5.75 Å². The second-order valence-electron chi connectivity index (χ2n) is 8.55. The molecular weight excluding hydrogens is 388 g/mol. The average Bonchev–Trinajstić information content (AvgIpc) is 2.75. The zero-order valence-corrected chi connectivity index (χ0v) is 19.3. The third-order valence-corrected chi connectivity index (χ3v) is 5.70. The van der Waals surface area contributed by atoms with Crippen LogP contribution in [0.25, 0.3) is 0 Å². The van der Waals surface area contributed by atoms with E-state index >= 15 is 0 Å². The van der Waals surface area contributed by atoms with Crippen LogP contribution in [-0.2, 0) is 16.0 Å². The summed E-state index contributed by atoms with van der Waals surface area (Å²) in [4.78, 5) is 27.3. The lowest BCUT2D eigenvalue weighted by Crippen LogP contribution is -2.41. The molecule has 1 aliphatic rings. The molecule has 166 valence electrons. The first kappa shape index (κ1) is 22.9. The summed E-state index contributed by atoms with van der Waals surface area (Å²) < 4.78 is 6.11. The van der Waals surface area contributed by atoms with Crippen molar-refractivity contribution in [2.24, 2.45) is 0 Å². The molecule has 1 heterocycles. The summed E-state index contributed by atoms with van der Waals surface area (Å²) in [5, 5.41) is 2.93. The molecule has 0 bridgehead atoms. The smallest absolute Gasteiger partial charge is 0.261 e. The number of nitrogens with one attached hydrogen (secondary N) is 1. The van der Waals surface area contributed by atoms with Crippen LogP contribution >= 0.6 is 0 Å². The summed E-state index contributed by atoms with van der Waals surface area (Å²) in [7, 11) is 0. The number of amides is 2. The van der Waals surface area contributed by atoms with Gasteiger partial charge in [0.25, 0.3) is 5.91 Å². The maximum atomic E-state index is 12.8. The predicted octanol–water partition coefficient (Wildman–Crippen LogP) is 4.56. The highest BCUT2D eigenvalue weighted by molar-refractivity contribution is 5.81. The number of carbonyl (C=O) groups excluding carboxylic acids is 2. The fourth-order valence-corrected chi connectivity index (χ4v) is 4.20. The molecule has 0 saturated carbocycles. The first-order valence-corrected chi connectivity index (χ1v) is 11.3. The average molecular weight is 423 g/mol. The molecule has 0 aromatic heterocycles. The van der Waals surface area contributed by atoms with Crippen molar-refractivity contribution < 1.29 is 14.3 Å². The van der Waals surface area contributed by atoms with E-state index in [0.717, 1.165) is 23.1 Å². The molecule has 5 nitrogen and oxygen atoms in total. The Bertz CT molecular complexity index is 938. The van der Waals surface area contributed by atoms with Crippen LogP contribution in [0, 0.1) is 6.92 Å². The second-order valence-corrected chi connectivity index (χ2v) is 8.55. The van der Waals surface area contributed by atoms with Crippen LogP contribution in [0.3, 0.4) is 0 Å². The quantitative estimate of drug-likeness (QED) is 0.712. The molecule has 5 heteroatoms. The van der Waals surface area contributed by atoms with Crippen LogP contribution in [0.2, 0.25) is 0 Å². The van der Waals surface area contributed by atoms with Gasteiger partial charge in [-0.3, -0.25) is 9.59 Å². The fourth-order valence-electron chi connectivity index (χ4n) is 4.20. The van der Waals surface area contributed by atoms with Gasteiger partial charge in [0.2, 0.25) is 5.91 Å². The number of carbonyl (C=O) groups is 2. The lowest BCUT2D eigenvalue weighted by molar-refractivity contribution is -0.133. The van der Waals surface area contributed by atoms with E-state index in [1.54, 1.807) is 0 Å². The number of aryl methyl sites for hydroxylation is 1. The van der Waals surface area contributed by atoms with E-state index in [-0.39, 0.29) is 23.9 Å². The van der Waals surface area contributed by atoms with E-state index < -0.39 is 6.10 Å². The Morgan fingerprint density at radius 2 is 1.94 bits per heavy atom. The second kappa shape index (κ2) is 9.99. The summed E-state index contributed by atoms with van der Waals surface area (Å²) in [5.41, 5.74) is 4.57. The molecule has 2 aromatic rings. The molecular formula is C26H34N2O3. The summed E-state index contributed by atoms with van der Waals surface area (Å²) in [6.07, 6.45) is 1.32. The highest BCUT2D eigenvalue weighted by Gasteiger charge is 2.32. The van der Waals surface area contributed by atoms with Crippen LogP contribution in [-0.4, -0.2) is 35.4 Å². The Hall–Kier alpha value is -2.82. The van der Waals surface area contributed by atoms with E-state index in [9.17, 15) is 9.59 Å². The van der Waals surface area contributed by atoms with Crippen molar-refractivity contribution in [2.75, 3.05) is 6.54 Å². The van der Waals surface area contributed by atoms with E-state index in [1.165, 1.54) is 5.56 Å². The minimum atomic E-state index is -0.546. The zero-order valence-electron chi connectivity index (χ0n) is 19.3. The normalized spacial score (nSPS) is 16.6. The van der Waals surface area contributed by atoms with E-state index in [4.69, 9.17) is 4.74 Å². The van der Waals surface area contributed by atoms with Crippen molar-refractivity contribution in [3.63, 3.8) is 0 Å². The van der Waals surface area contributed by atoms with Gasteiger partial charge in [0, 0.05) is 19.0 Å². The number of rotatable bonds is 7. The SMILES string of the molecule is CCC(=O)N1CCc2ccc(O[C@@H](CC)C(=O)NC(C)C)cc2[C@H]1c1cccc(C)c1. The molecule has 2 amide bonds. The standard InChI is InChI=1S/C26H34N2O3/c1-6-23(26(30)27-17(3)4)31-21-12-11-19-13-14-28(24(29)7-2)25(22(19)16-21)20-10-8-9-18(5)15-20/h8-12,15-17,23,25H,6-7,13-14H2,1-5H3,(H,27,30)/t23-,25+/m0/s1. The van der Waals surface area contributed by atoms with Crippen molar-refractivity contribution in [2.45, 2.75) is 72.1 Å². The third kappa shape index (κ3) is 5.27. The topological polar surface area (TPSA) is 58.6 Å². The molecule has 0 radical (unpaired) electrons. The molecule has 0 unspecified atom stereocenters. The molecule has 0 saturated heterocycles. The first-order valence-electron chi connectivity index (χ1n) is 11.3. The van der Waals surface area contributed by atoms with Crippen LogP contribution < -0.4 is 10.1 Å². The Morgan fingerprint density at radius 1 is 1.16 bits per heavy atom. The van der Waals surface area contributed by atoms with Crippen molar-refractivity contribution in [3.05, 3.63) is 64.7 Å². The lowest BCUT2D eigenvalue weighted by atomic mass is 9.87. The Morgan fingerprint density at radius 3 is 2.58 bits per heavy atom. The van der Waals surface area contributed by atoms with Gasteiger partial charge >= 0.3 is 0 Å². The van der Waals surface area contributed by atoms with Gasteiger partial charge < -0.3 is 15.0 Å². The number of hydrogen-bond acceptors (Lipinski definition) is 3. The van der Waals surface area contributed by atoms with Gasteiger partial charge in [-0.25, -0.2) is 0 Å². The summed E-state index contributed by atoms with van der Waals surface area (Å²) in [5.74, 6) is 0.701. The number of nitrogens with zero attached hydrogens (tertiary/aromatic N) is 1. The van der Waals surface area contributed by atoms with Crippen LogP contribution in [0.15, 0.2) is 42.5 Å². The Labute approximate surface area is 185 Å². The highest BCUT2D eigenvalue weighted by Crippen LogP contribution is 2.38. The number of fused-ring (bicyclic) bond motifs is 1. The maximum Gasteiger partial charge on any atom is 0.261 e. The van der Waals surface area contributed by atoms with E-state index in [0.29, 0.717) is 25.1 Å². The molecule has 2 aromatic carbocycles. The lowest BCUT2D eigenvalue weighted by Gasteiger charge is -2.38. The number of hydrogen-bond donors (Lipinski definition) is 1. The van der Waals surface area contributed by atoms with Crippen LogP contribution in [0.4, 0.5) is 0 Å². The number of ether oxygens (including phenoxy) is 1. The number of benzene rings is 2. The van der Waals surface area contributed by atoms with Gasteiger partial charge in [0.05, 0.1) is 6.04 Å². The van der Waals surface area contributed by atoms with Crippen molar-refractivity contribution in [3.8, 4) is 5.75 Å². The van der Waals surface area contributed by atoms with Gasteiger partial charge in [-0.05, 0) is 62.4 Å². The Kier molecular flexibility index (Phi) is 7.37. The van der Waals surface area contributed by atoms with Crippen molar-refractivity contribution in [1.29, 1.82) is 0 Å². The van der Waals surface area contributed by atoms with Crippen molar-refractivity contribution in [1.82, 2.24) is 10.2 Å². The van der Waals surface area contributed by atoms with Gasteiger partial charge in [-0.2, -0.15) is 0 Å². The van der Waals surface area contributed by atoms with Gasteiger partial charge in [-0.1, -0.05) is 49.7 Å².